The molecule has 1 aromatic carbocycles. The second-order valence-electron chi connectivity index (χ2n) is 5.95. The van der Waals surface area contributed by atoms with E-state index in [1.165, 1.54) is 17.7 Å². The van der Waals surface area contributed by atoms with Gasteiger partial charge in [-0.2, -0.15) is 0 Å². The number of amidine groups is 1. The molecule has 0 aliphatic carbocycles. The lowest BCUT2D eigenvalue weighted by atomic mass is 10.0. The van der Waals surface area contributed by atoms with E-state index in [0.717, 1.165) is 18.0 Å². The van der Waals surface area contributed by atoms with Gasteiger partial charge >= 0.3 is 0 Å². The highest BCUT2D eigenvalue weighted by atomic mass is 32.2. The van der Waals surface area contributed by atoms with Gasteiger partial charge in [-0.1, -0.05) is 55.9 Å². The van der Waals surface area contributed by atoms with E-state index in [9.17, 15) is 0 Å². The standard InChI is InChI=1S/C17H26N2S/c1-13(2)16-11-12-20-17(19-16)18-14(3)9-10-15-7-5-4-6-8-15/h4-8,13-14,16H,9-12H2,1-3H3,(H,18,19). The topological polar surface area (TPSA) is 24.4 Å². The molecular formula is C17H26N2S. The first-order valence-electron chi connectivity index (χ1n) is 7.66. The molecule has 0 bridgehead atoms. The van der Waals surface area contributed by atoms with Gasteiger partial charge in [0.05, 0.1) is 6.04 Å². The summed E-state index contributed by atoms with van der Waals surface area (Å²) in [7, 11) is 0. The number of benzene rings is 1. The third-order valence-electron chi connectivity index (χ3n) is 3.78. The highest BCUT2D eigenvalue weighted by Crippen LogP contribution is 2.22. The van der Waals surface area contributed by atoms with E-state index in [4.69, 9.17) is 4.99 Å². The minimum atomic E-state index is 0.479. The zero-order chi connectivity index (χ0) is 14.4. The van der Waals surface area contributed by atoms with Crippen LogP contribution in [0.1, 0.15) is 39.2 Å². The lowest BCUT2D eigenvalue weighted by Gasteiger charge is -2.25. The lowest BCUT2D eigenvalue weighted by molar-refractivity contribution is 0.480. The molecule has 1 aromatic rings. The van der Waals surface area contributed by atoms with Crippen molar-refractivity contribution in [3.8, 4) is 0 Å². The summed E-state index contributed by atoms with van der Waals surface area (Å²) in [5.74, 6) is 1.84. The van der Waals surface area contributed by atoms with Crippen molar-refractivity contribution in [1.29, 1.82) is 0 Å². The molecule has 20 heavy (non-hydrogen) atoms. The molecule has 0 fully saturated rings. The van der Waals surface area contributed by atoms with Gasteiger partial charge in [0.1, 0.15) is 0 Å². The van der Waals surface area contributed by atoms with Crippen LogP contribution in [-0.2, 0) is 6.42 Å². The normalized spacial score (nSPS) is 20.6. The van der Waals surface area contributed by atoms with Gasteiger partial charge in [-0.3, -0.25) is 4.99 Å². The van der Waals surface area contributed by atoms with Gasteiger partial charge in [0.15, 0.2) is 5.17 Å². The van der Waals surface area contributed by atoms with Gasteiger partial charge in [0.2, 0.25) is 0 Å². The van der Waals surface area contributed by atoms with Gasteiger partial charge in [-0.25, -0.2) is 0 Å². The maximum absolute atomic E-state index is 4.84. The number of hydrogen-bond acceptors (Lipinski definition) is 3. The highest BCUT2D eigenvalue weighted by molar-refractivity contribution is 8.13. The molecule has 1 aliphatic heterocycles. The zero-order valence-corrected chi connectivity index (χ0v) is 13.6. The molecule has 1 aliphatic rings. The first kappa shape index (κ1) is 15.4. The Balaban J connectivity index is 1.80. The summed E-state index contributed by atoms with van der Waals surface area (Å²) in [5.41, 5.74) is 1.42. The van der Waals surface area contributed by atoms with E-state index in [0.29, 0.717) is 18.0 Å². The summed E-state index contributed by atoms with van der Waals surface area (Å²) < 4.78 is 0. The Morgan fingerprint density at radius 3 is 2.70 bits per heavy atom. The van der Waals surface area contributed by atoms with Crippen molar-refractivity contribution in [2.45, 2.75) is 52.1 Å². The predicted molar refractivity (Wildman–Crippen MR) is 90.5 cm³/mol. The van der Waals surface area contributed by atoms with Gasteiger partial charge in [0.25, 0.3) is 0 Å². The van der Waals surface area contributed by atoms with E-state index in [1.54, 1.807) is 0 Å². The van der Waals surface area contributed by atoms with Crippen LogP contribution < -0.4 is 5.32 Å². The Hall–Kier alpha value is -0.960. The molecule has 0 amide bonds. The second kappa shape index (κ2) is 7.72. The number of aliphatic imine (C=N–C) groups is 1. The van der Waals surface area contributed by atoms with Crippen LogP contribution in [0.5, 0.6) is 0 Å². The number of nitrogens with one attached hydrogen (secondary N) is 1. The molecule has 2 rings (SSSR count). The fraction of sp³-hybridized carbons (Fsp3) is 0.588. The minimum absolute atomic E-state index is 0.479. The van der Waals surface area contributed by atoms with Gasteiger partial charge in [-0.15, -0.1) is 0 Å². The Morgan fingerprint density at radius 2 is 2.00 bits per heavy atom. The van der Waals surface area contributed by atoms with Crippen molar-refractivity contribution in [3.63, 3.8) is 0 Å². The fourth-order valence-electron chi connectivity index (χ4n) is 2.40. The van der Waals surface area contributed by atoms with Crippen molar-refractivity contribution in [2.75, 3.05) is 5.75 Å². The van der Waals surface area contributed by atoms with Crippen LogP contribution in [0.2, 0.25) is 0 Å². The molecule has 2 atom stereocenters. The predicted octanol–water partition coefficient (Wildman–Crippen LogP) is 4.11. The molecule has 3 heteroatoms. The van der Waals surface area contributed by atoms with Crippen molar-refractivity contribution in [2.24, 2.45) is 10.9 Å². The van der Waals surface area contributed by atoms with Crippen LogP contribution in [0, 0.1) is 5.92 Å². The van der Waals surface area contributed by atoms with Crippen molar-refractivity contribution >= 4 is 16.9 Å². The number of nitrogens with zero attached hydrogens (tertiary/aromatic N) is 1. The van der Waals surface area contributed by atoms with Gasteiger partial charge in [0, 0.05) is 11.8 Å². The summed E-state index contributed by atoms with van der Waals surface area (Å²) >= 11 is 1.87. The van der Waals surface area contributed by atoms with Crippen LogP contribution in [0.25, 0.3) is 0 Å². The molecule has 2 nitrogen and oxygen atoms in total. The first-order valence-corrected chi connectivity index (χ1v) is 8.64. The van der Waals surface area contributed by atoms with E-state index >= 15 is 0 Å². The number of rotatable bonds is 5. The molecule has 1 heterocycles. The molecule has 0 aromatic heterocycles. The molecular weight excluding hydrogens is 264 g/mol. The van der Waals surface area contributed by atoms with Crippen LogP contribution in [0.3, 0.4) is 0 Å². The fourth-order valence-corrected chi connectivity index (χ4v) is 3.45. The van der Waals surface area contributed by atoms with Crippen LogP contribution in [0.4, 0.5) is 0 Å². The number of thioether (sulfide) groups is 1. The van der Waals surface area contributed by atoms with Crippen LogP contribution in [0.15, 0.2) is 35.3 Å². The van der Waals surface area contributed by atoms with E-state index < -0.39 is 0 Å². The summed E-state index contributed by atoms with van der Waals surface area (Å²) in [6, 6.07) is 11.7. The summed E-state index contributed by atoms with van der Waals surface area (Å²) in [6.07, 6.45) is 3.49. The van der Waals surface area contributed by atoms with Crippen LogP contribution in [-0.4, -0.2) is 23.0 Å². The average molecular weight is 290 g/mol. The third-order valence-corrected chi connectivity index (χ3v) is 4.72. The maximum atomic E-state index is 4.84. The lowest BCUT2D eigenvalue weighted by Crippen LogP contribution is -2.35. The third kappa shape index (κ3) is 4.86. The van der Waals surface area contributed by atoms with E-state index in [-0.39, 0.29) is 0 Å². The molecule has 0 saturated heterocycles. The second-order valence-corrected chi connectivity index (χ2v) is 7.04. The van der Waals surface area contributed by atoms with Crippen molar-refractivity contribution in [1.82, 2.24) is 5.32 Å². The Bertz CT molecular complexity index is 428. The van der Waals surface area contributed by atoms with Crippen molar-refractivity contribution < 1.29 is 0 Å². The molecule has 110 valence electrons. The first-order chi connectivity index (χ1) is 9.65. The molecule has 0 radical (unpaired) electrons. The summed E-state index contributed by atoms with van der Waals surface area (Å²) in [4.78, 5) is 4.84. The largest absolute Gasteiger partial charge is 0.362 e. The summed E-state index contributed by atoms with van der Waals surface area (Å²) in [6.45, 7) is 6.78. The number of aryl methyl sites for hydroxylation is 1. The minimum Gasteiger partial charge on any atom is -0.362 e. The van der Waals surface area contributed by atoms with E-state index in [2.05, 4.69) is 56.4 Å². The molecule has 1 N–H and O–H groups in total. The van der Waals surface area contributed by atoms with Gasteiger partial charge in [-0.05, 0) is 37.7 Å². The molecule has 0 saturated carbocycles. The maximum Gasteiger partial charge on any atom is 0.157 e. The van der Waals surface area contributed by atoms with Crippen LogP contribution >= 0.6 is 11.8 Å². The Morgan fingerprint density at radius 1 is 1.25 bits per heavy atom. The van der Waals surface area contributed by atoms with E-state index in [1.807, 2.05) is 11.8 Å². The monoisotopic (exact) mass is 290 g/mol. The summed E-state index contributed by atoms with van der Waals surface area (Å²) in [5, 5.41) is 4.74. The molecule has 2 unspecified atom stereocenters. The quantitative estimate of drug-likeness (QED) is 0.882. The highest BCUT2D eigenvalue weighted by Gasteiger charge is 2.19. The Labute approximate surface area is 127 Å². The Kier molecular flexibility index (Phi) is 5.96. The number of hydrogen-bond donors (Lipinski definition) is 1. The van der Waals surface area contributed by atoms with Crippen molar-refractivity contribution in [3.05, 3.63) is 35.9 Å². The average Bonchev–Trinajstić information content (AvgIpc) is 2.46. The zero-order valence-electron chi connectivity index (χ0n) is 12.8. The SMILES string of the molecule is CC(CCc1ccccc1)NC1=NC(C(C)C)CCS1. The smallest absolute Gasteiger partial charge is 0.157 e. The molecule has 0 spiro atoms. The van der Waals surface area contributed by atoms with Gasteiger partial charge < -0.3 is 5.32 Å².